The van der Waals surface area contributed by atoms with Crippen LogP contribution in [-0.4, -0.2) is 44.1 Å². The van der Waals surface area contributed by atoms with Crippen molar-refractivity contribution in [2.45, 2.75) is 6.92 Å². The van der Waals surface area contributed by atoms with Crippen LogP contribution < -0.4 is 5.32 Å². The Morgan fingerprint density at radius 3 is 2.66 bits per heavy atom. The highest BCUT2D eigenvalue weighted by Gasteiger charge is 2.20. The number of hydrogen-bond acceptors (Lipinski definition) is 8. The molecule has 0 saturated heterocycles. The Morgan fingerprint density at radius 2 is 2.00 bits per heavy atom. The molecule has 5 heterocycles. The molecule has 1 N–H and O–H groups in total. The number of nitrogens with one attached hydrogen (secondary N) is 1. The minimum absolute atomic E-state index is 0. The van der Waals surface area contributed by atoms with Crippen molar-refractivity contribution < 1.29 is 4.42 Å². The van der Waals surface area contributed by atoms with E-state index in [2.05, 4.69) is 35.7 Å². The fourth-order valence-electron chi connectivity index (χ4n) is 3.14. The lowest BCUT2D eigenvalue weighted by Gasteiger charge is -2.08. The van der Waals surface area contributed by atoms with Crippen molar-refractivity contribution in [3.8, 4) is 22.9 Å². The summed E-state index contributed by atoms with van der Waals surface area (Å²) < 4.78 is 10.6. The van der Waals surface area contributed by atoms with E-state index in [0.29, 0.717) is 17.5 Å². The standard InChI is InChI=1S/C17H16N10O.ClH/c1-10-11(12-4-6-26(3)23-12)8-27-13(10)14(21-17-22-19-9-28-17)20-15(24-27)16-18-5-7-25(16)2;/h4-9H,1-3H3,(H,20,21,22,24);1H. The van der Waals surface area contributed by atoms with Crippen LogP contribution in [0.25, 0.3) is 28.4 Å². The van der Waals surface area contributed by atoms with E-state index in [1.54, 1.807) is 15.4 Å². The first kappa shape index (κ1) is 18.6. The van der Waals surface area contributed by atoms with Crippen LogP contribution >= 0.6 is 12.4 Å². The largest absolute Gasteiger partial charge is 0.411 e. The highest BCUT2D eigenvalue weighted by Crippen LogP contribution is 2.32. The van der Waals surface area contributed by atoms with Crippen molar-refractivity contribution in [2.24, 2.45) is 14.1 Å². The van der Waals surface area contributed by atoms with Gasteiger partial charge in [0.1, 0.15) is 5.52 Å². The Labute approximate surface area is 170 Å². The lowest BCUT2D eigenvalue weighted by Crippen LogP contribution is -2.06. The summed E-state index contributed by atoms with van der Waals surface area (Å²) in [6, 6.07) is 2.20. The molecule has 0 aliphatic rings. The molecule has 0 atom stereocenters. The zero-order valence-corrected chi connectivity index (χ0v) is 16.6. The van der Waals surface area contributed by atoms with Crippen molar-refractivity contribution in [2.75, 3.05) is 5.32 Å². The van der Waals surface area contributed by atoms with Gasteiger partial charge < -0.3 is 8.98 Å². The minimum atomic E-state index is 0. The lowest BCUT2D eigenvalue weighted by molar-refractivity contribution is 0.571. The quantitative estimate of drug-likeness (QED) is 0.478. The summed E-state index contributed by atoms with van der Waals surface area (Å²) in [5, 5.41) is 19.9. The first-order valence-electron chi connectivity index (χ1n) is 8.51. The van der Waals surface area contributed by atoms with Gasteiger partial charge in [0.15, 0.2) is 11.6 Å². The first-order chi connectivity index (χ1) is 13.6. The molecular weight excluding hydrogens is 396 g/mol. The smallest absolute Gasteiger partial charge is 0.321 e. The summed E-state index contributed by atoms with van der Waals surface area (Å²) in [4.78, 5) is 9.02. The fraction of sp³-hybridized carbons (Fsp3) is 0.176. The average molecular weight is 413 g/mol. The molecule has 0 radical (unpaired) electrons. The van der Waals surface area contributed by atoms with E-state index in [-0.39, 0.29) is 18.4 Å². The van der Waals surface area contributed by atoms with E-state index in [1.807, 2.05) is 50.2 Å². The van der Waals surface area contributed by atoms with Gasteiger partial charge in [-0.05, 0) is 18.6 Å². The molecule has 12 heteroatoms. The van der Waals surface area contributed by atoms with Crippen LogP contribution in [0.3, 0.4) is 0 Å². The molecule has 11 nitrogen and oxygen atoms in total. The molecule has 0 amide bonds. The van der Waals surface area contributed by atoms with E-state index in [1.165, 1.54) is 6.39 Å². The van der Waals surface area contributed by atoms with Crippen molar-refractivity contribution in [3.05, 3.63) is 42.8 Å². The van der Waals surface area contributed by atoms with Crippen molar-refractivity contribution in [3.63, 3.8) is 0 Å². The minimum Gasteiger partial charge on any atom is -0.411 e. The van der Waals surface area contributed by atoms with Gasteiger partial charge in [0.25, 0.3) is 0 Å². The second-order valence-corrected chi connectivity index (χ2v) is 6.35. The number of fused-ring (bicyclic) bond motifs is 1. The van der Waals surface area contributed by atoms with Gasteiger partial charge in [-0.25, -0.2) is 14.5 Å². The predicted octanol–water partition coefficient (Wildman–Crippen LogP) is 2.39. The number of hydrogen-bond donors (Lipinski definition) is 1. The van der Waals surface area contributed by atoms with E-state index in [9.17, 15) is 0 Å². The number of halogens is 1. The third-order valence-corrected chi connectivity index (χ3v) is 4.48. The molecule has 148 valence electrons. The molecule has 0 fully saturated rings. The lowest BCUT2D eigenvalue weighted by atomic mass is 10.1. The molecule has 0 aliphatic heterocycles. The van der Waals surface area contributed by atoms with Gasteiger partial charge in [-0.3, -0.25) is 10.00 Å². The van der Waals surface area contributed by atoms with Crippen LogP contribution in [0.5, 0.6) is 0 Å². The summed E-state index contributed by atoms with van der Waals surface area (Å²) in [6.07, 6.45) is 8.63. The van der Waals surface area contributed by atoms with Crippen LogP contribution in [0.4, 0.5) is 11.8 Å². The number of nitrogens with zero attached hydrogens (tertiary/aromatic N) is 9. The second-order valence-electron chi connectivity index (χ2n) is 6.35. The summed E-state index contributed by atoms with van der Waals surface area (Å²) in [7, 11) is 3.78. The van der Waals surface area contributed by atoms with Gasteiger partial charge in [-0.15, -0.1) is 22.6 Å². The molecule has 0 bridgehead atoms. The maximum atomic E-state index is 5.24. The Hall–Kier alpha value is -3.73. The van der Waals surface area contributed by atoms with Crippen LogP contribution in [0.1, 0.15) is 5.56 Å². The maximum Gasteiger partial charge on any atom is 0.321 e. The number of imidazole rings is 1. The third-order valence-electron chi connectivity index (χ3n) is 4.48. The number of anilines is 2. The van der Waals surface area contributed by atoms with Crippen molar-refractivity contribution >= 4 is 29.8 Å². The number of aryl methyl sites for hydroxylation is 3. The molecule has 29 heavy (non-hydrogen) atoms. The van der Waals surface area contributed by atoms with E-state index in [4.69, 9.17) is 4.42 Å². The fourth-order valence-corrected chi connectivity index (χ4v) is 3.14. The Kier molecular flexibility index (Phi) is 4.51. The Morgan fingerprint density at radius 1 is 1.14 bits per heavy atom. The van der Waals surface area contributed by atoms with Gasteiger partial charge in [0.05, 0.1) is 5.69 Å². The zero-order valence-electron chi connectivity index (χ0n) is 15.8. The molecule has 5 rings (SSSR count). The van der Waals surface area contributed by atoms with Gasteiger partial charge in [0, 0.05) is 44.4 Å². The Bertz CT molecular complexity index is 1280. The van der Waals surface area contributed by atoms with Crippen LogP contribution in [0, 0.1) is 6.92 Å². The topological polar surface area (TPSA) is 117 Å². The van der Waals surface area contributed by atoms with E-state index < -0.39 is 0 Å². The van der Waals surface area contributed by atoms with Crippen LogP contribution in [0.2, 0.25) is 0 Å². The van der Waals surface area contributed by atoms with Crippen molar-refractivity contribution in [1.29, 1.82) is 0 Å². The van der Waals surface area contributed by atoms with Gasteiger partial charge >= 0.3 is 6.01 Å². The van der Waals surface area contributed by atoms with E-state index in [0.717, 1.165) is 22.3 Å². The summed E-state index contributed by atoms with van der Waals surface area (Å²) in [5.74, 6) is 1.64. The van der Waals surface area contributed by atoms with Crippen LogP contribution in [0.15, 0.2) is 41.7 Å². The summed E-state index contributed by atoms with van der Waals surface area (Å²) in [5.41, 5.74) is 3.58. The monoisotopic (exact) mass is 412 g/mol. The first-order valence-corrected chi connectivity index (χ1v) is 8.51. The molecule has 5 aromatic rings. The maximum absolute atomic E-state index is 5.24. The van der Waals surface area contributed by atoms with E-state index >= 15 is 0 Å². The molecule has 0 spiro atoms. The summed E-state index contributed by atoms with van der Waals surface area (Å²) in [6.45, 7) is 2.00. The molecule has 0 aliphatic carbocycles. The highest BCUT2D eigenvalue weighted by molar-refractivity contribution is 5.85. The summed E-state index contributed by atoms with van der Waals surface area (Å²) >= 11 is 0. The number of rotatable bonds is 4. The van der Waals surface area contributed by atoms with Crippen molar-refractivity contribution in [1.82, 2.24) is 44.1 Å². The molecule has 0 unspecified atom stereocenters. The second kappa shape index (κ2) is 7.02. The average Bonchev–Trinajstić information content (AvgIpc) is 3.44. The van der Waals surface area contributed by atoms with Crippen LogP contribution in [-0.2, 0) is 14.1 Å². The molecule has 0 aromatic carbocycles. The predicted molar refractivity (Wildman–Crippen MR) is 107 cm³/mol. The molecular formula is C17H17ClN10O. The zero-order chi connectivity index (χ0) is 19.3. The highest BCUT2D eigenvalue weighted by atomic mass is 35.5. The molecule has 5 aromatic heterocycles. The Balaban J connectivity index is 0.00000205. The molecule has 0 saturated carbocycles. The normalized spacial score (nSPS) is 11.0. The third kappa shape index (κ3) is 3.10. The van der Waals surface area contributed by atoms with Gasteiger partial charge in [-0.2, -0.15) is 5.10 Å². The number of aromatic nitrogens is 9. The van der Waals surface area contributed by atoms with Gasteiger partial charge in [0.2, 0.25) is 12.2 Å². The van der Waals surface area contributed by atoms with Gasteiger partial charge in [-0.1, -0.05) is 5.10 Å². The SMILES string of the molecule is Cc1c(-c2ccn(C)n2)cn2nc(-c3nccn3C)nc(Nc3nnco3)c12.Cl.